The van der Waals surface area contributed by atoms with E-state index in [-0.39, 0.29) is 17.6 Å². The van der Waals surface area contributed by atoms with E-state index in [0.717, 1.165) is 43.7 Å². The minimum atomic E-state index is -0.462. The van der Waals surface area contributed by atoms with E-state index in [0.29, 0.717) is 39.4 Å². The van der Waals surface area contributed by atoms with Gasteiger partial charge in [0, 0.05) is 37.8 Å². The number of aromatic nitrogens is 6. The molecule has 0 radical (unpaired) electrons. The Kier molecular flexibility index (Phi) is 7.34. The summed E-state index contributed by atoms with van der Waals surface area (Å²) in [5.74, 6) is 1.47. The lowest BCUT2D eigenvalue weighted by molar-refractivity contribution is -0.117. The van der Waals surface area contributed by atoms with Crippen LogP contribution in [-0.2, 0) is 11.8 Å². The maximum Gasteiger partial charge on any atom is 0.243 e. The molecule has 1 aliphatic rings. The molecule has 6 rings (SSSR count). The minimum absolute atomic E-state index is 0.0922. The molecule has 1 aliphatic heterocycles. The van der Waals surface area contributed by atoms with E-state index in [4.69, 9.17) is 9.72 Å². The number of nitrogens with zero attached hydrogens (tertiary/aromatic N) is 7. The first kappa shape index (κ1) is 27.1. The predicted octanol–water partition coefficient (Wildman–Crippen LogP) is 4.95. The van der Waals surface area contributed by atoms with Gasteiger partial charge in [0.25, 0.3) is 0 Å². The Morgan fingerprint density at radius 3 is 2.86 bits per heavy atom. The molecule has 2 aromatic carbocycles. The third-order valence-corrected chi connectivity index (χ3v) is 7.45. The number of aryl methyl sites for hydroxylation is 1. The summed E-state index contributed by atoms with van der Waals surface area (Å²) in [5, 5.41) is 14.2. The number of hydrogen-bond donors (Lipinski definition) is 2. The highest BCUT2D eigenvalue weighted by Gasteiger charge is 2.20. The number of ether oxygens (including phenoxy) is 1. The summed E-state index contributed by atoms with van der Waals surface area (Å²) < 4.78 is 23.3. The summed E-state index contributed by atoms with van der Waals surface area (Å²) in [7, 11) is 1.82. The van der Waals surface area contributed by atoms with Crippen molar-refractivity contribution in [2.45, 2.75) is 32.2 Å². The van der Waals surface area contributed by atoms with Crippen molar-refractivity contribution in [3.8, 4) is 11.5 Å². The Balaban J connectivity index is 1.22. The highest BCUT2D eigenvalue weighted by atomic mass is 19.1. The summed E-state index contributed by atoms with van der Waals surface area (Å²) in [4.78, 5) is 27.5. The van der Waals surface area contributed by atoms with Crippen LogP contribution in [0.25, 0.3) is 22.1 Å². The van der Waals surface area contributed by atoms with Crippen molar-refractivity contribution in [1.29, 1.82) is 0 Å². The molecule has 1 saturated heterocycles. The Morgan fingerprint density at radius 1 is 1.12 bits per heavy atom. The number of halogens is 1. The molecule has 214 valence electrons. The van der Waals surface area contributed by atoms with Crippen LogP contribution < -0.4 is 20.3 Å². The summed E-state index contributed by atoms with van der Waals surface area (Å²) in [6, 6.07) is 12.7. The van der Waals surface area contributed by atoms with Crippen LogP contribution in [0.5, 0.6) is 11.5 Å². The average molecular weight is 568 g/mol. The SMILES string of the molecule is C=CC(=O)NC1CCCN(c2ccc3ncnc(Nc4ccc(Oc5ccc6c(c5)nnn6C)c(C)c4F)c3n2)CC1. The van der Waals surface area contributed by atoms with Gasteiger partial charge in [-0.1, -0.05) is 11.8 Å². The van der Waals surface area contributed by atoms with Gasteiger partial charge in [-0.3, -0.25) is 4.79 Å². The number of anilines is 3. The molecule has 42 heavy (non-hydrogen) atoms. The summed E-state index contributed by atoms with van der Waals surface area (Å²) >= 11 is 0. The zero-order chi connectivity index (χ0) is 29.2. The van der Waals surface area contributed by atoms with Crippen LogP contribution in [0.15, 0.2) is 61.4 Å². The zero-order valence-corrected chi connectivity index (χ0v) is 23.3. The van der Waals surface area contributed by atoms with Crippen LogP contribution in [0.1, 0.15) is 24.8 Å². The molecule has 1 unspecified atom stereocenters. The van der Waals surface area contributed by atoms with Crippen molar-refractivity contribution in [1.82, 2.24) is 35.3 Å². The first-order valence-electron chi connectivity index (χ1n) is 13.7. The van der Waals surface area contributed by atoms with Crippen molar-refractivity contribution >= 4 is 45.3 Å². The van der Waals surface area contributed by atoms with Gasteiger partial charge in [0.2, 0.25) is 5.91 Å². The molecule has 11 nitrogen and oxygen atoms in total. The number of pyridine rings is 1. The number of hydrogen-bond acceptors (Lipinski definition) is 9. The van der Waals surface area contributed by atoms with Gasteiger partial charge in [0.15, 0.2) is 11.6 Å². The quantitative estimate of drug-likeness (QED) is 0.263. The van der Waals surface area contributed by atoms with Crippen LogP contribution in [0, 0.1) is 12.7 Å². The molecule has 1 fully saturated rings. The molecule has 3 aromatic heterocycles. The standard InChI is InChI=1S/C30H30FN9O2/c1-4-27(41)34-19-6-5-14-40(15-13-19)26-12-9-22-29(36-26)30(33-17-32-22)35-21-8-11-25(18(2)28(21)31)42-20-7-10-24-23(16-20)37-38-39(24)3/h4,7-12,16-17,19H,1,5-6,13-15H2,2-3H3,(H,34,41)(H,32,33,35). The van der Waals surface area contributed by atoms with Crippen molar-refractivity contribution < 1.29 is 13.9 Å². The predicted molar refractivity (Wildman–Crippen MR) is 159 cm³/mol. The topological polar surface area (TPSA) is 123 Å². The molecule has 12 heteroatoms. The molecule has 5 aromatic rings. The summed E-state index contributed by atoms with van der Waals surface area (Å²) in [6.45, 7) is 6.73. The fourth-order valence-electron chi connectivity index (χ4n) is 5.14. The Bertz CT molecular complexity index is 1810. The second-order valence-electron chi connectivity index (χ2n) is 10.2. The molecule has 2 N–H and O–H groups in total. The van der Waals surface area contributed by atoms with Crippen molar-refractivity contribution in [2.24, 2.45) is 7.05 Å². The number of amides is 1. The van der Waals surface area contributed by atoms with E-state index in [2.05, 4.69) is 42.4 Å². The van der Waals surface area contributed by atoms with Gasteiger partial charge < -0.3 is 20.3 Å². The number of rotatable bonds is 7. The molecule has 0 saturated carbocycles. The number of carbonyl (C=O) groups is 1. The lowest BCUT2D eigenvalue weighted by Gasteiger charge is -2.22. The van der Waals surface area contributed by atoms with Crippen LogP contribution >= 0.6 is 0 Å². The van der Waals surface area contributed by atoms with Crippen molar-refractivity contribution in [3.63, 3.8) is 0 Å². The molecule has 1 atom stereocenters. The first-order chi connectivity index (χ1) is 20.4. The van der Waals surface area contributed by atoms with Gasteiger partial charge in [-0.15, -0.1) is 5.10 Å². The normalized spacial score (nSPS) is 15.4. The van der Waals surface area contributed by atoms with Gasteiger partial charge in [-0.2, -0.15) is 0 Å². The molecule has 0 aliphatic carbocycles. The average Bonchev–Trinajstić information content (AvgIpc) is 3.21. The lowest BCUT2D eigenvalue weighted by atomic mass is 10.1. The minimum Gasteiger partial charge on any atom is -0.457 e. The van der Waals surface area contributed by atoms with E-state index in [9.17, 15) is 4.79 Å². The maximum absolute atomic E-state index is 15.6. The van der Waals surface area contributed by atoms with Crippen LogP contribution in [0.3, 0.4) is 0 Å². The van der Waals surface area contributed by atoms with E-state index >= 15 is 4.39 Å². The maximum atomic E-state index is 15.6. The van der Waals surface area contributed by atoms with Gasteiger partial charge in [0.05, 0.1) is 16.7 Å². The molecule has 4 heterocycles. The van der Waals surface area contributed by atoms with Crippen LogP contribution in [-0.4, -0.2) is 55.0 Å². The van der Waals surface area contributed by atoms with Gasteiger partial charge in [-0.25, -0.2) is 24.0 Å². The van der Waals surface area contributed by atoms with Crippen molar-refractivity contribution in [3.05, 3.63) is 72.8 Å². The Labute approximate surface area is 241 Å². The number of fused-ring (bicyclic) bond motifs is 2. The van der Waals surface area contributed by atoms with E-state index < -0.39 is 5.82 Å². The second-order valence-corrected chi connectivity index (χ2v) is 10.2. The Hall–Kier alpha value is -5.13. The zero-order valence-electron chi connectivity index (χ0n) is 23.3. The second kappa shape index (κ2) is 11.4. The third-order valence-electron chi connectivity index (χ3n) is 7.45. The molecular weight excluding hydrogens is 537 g/mol. The monoisotopic (exact) mass is 567 g/mol. The van der Waals surface area contributed by atoms with Crippen LogP contribution in [0.2, 0.25) is 0 Å². The van der Waals surface area contributed by atoms with E-state index in [1.165, 1.54) is 12.4 Å². The summed E-state index contributed by atoms with van der Waals surface area (Å²) in [5.41, 5.74) is 3.31. The van der Waals surface area contributed by atoms with Gasteiger partial charge >= 0.3 is 0 Å². The molecule has 0 bridgehead atoms. The molecule has 0 spiro atoms. The van der Waals surface area contributed by atoms with E-state index in [1.807, 2.05) is 25.2 Å². The fraction of sp³-hybridized carbons (Fsp3) is 0.267. The number of nitrogens with one attached hydrogen (secondary N) is 2. The lowest BCUT2D eigenvalue weighted by Crippen LogP contribution is -2.34. The first-order valence-corrected chi connectivity index (χ1v) is 13.7. The molecule has 1 amide bonds. The highest BCUT2D eigenvalue weighted by molar-refractivity contribution is 5.88. The third kappa shape index (κ3) is 5.42. The van der Waals surface area contributed by atoms with E-state index in [1.54, 1.807) is 35.9 Å². The van der Waals surface area contributed by atoms with Crippen molar-refractivity contribution in [2.75, 3.05) is 23.3 Å². The highest BCUT2D eigenvalue weighted by Crippen LogP contribution is 2.33. The van der Waals surface area contributed by atoms with Gasteiger partial charge in [-0.05, 0) is 68.7 Å². The van der Waals surface area contributed by atoms with Crippen LogP contribution in [0.4, 0.5) is 21.7 Å². The summed E-state index contributed by atoms with van der Waals surface area (Å²) in [6.07, 6.45) is 5.31. The molecular formula is C30H30FN9O2. The smallest absolute Gasteiger partial charge is 0.243 e. The largest absolute Gasteiger partial charge is 0.457 e. The fourth-order valence-corrected chi connectivity index (χ4v) is 5.14. The number of benzene rings is 2. The Morgan fingerprint density at radius 2 is 2.00 bits per heavy atom. The number of carbonyl (C=O) groups excluding carboxylic acids is 1. The van der Waals surface area contributed by atoms with Gasteiger partial charge in [0.1, 0.15) is 34.7 Å².